The number of carbonyl (C=O) groups is 1. The average molecular weight is 357 g/mol. The zero-order chi connectivity index (χ0) is 17.8. The van der Waals surface area contributed by atoms with E-state index >= 15 is 0 Å². The van der Waals surface area contributed by atoms with E-state index in [2.05, 4.69) is 15.1 Å². The SMILES string of the molecule is O=C(CC1CC2CCC(C1)N2)N1CCN(CCOc2ccccc2)CC1. The molecule has 1 aromatic carbocycles. The molecule has 3 saturated heterocycles. The van der Waals surface area contributed by atoms with Crippen LogP contribution in [0.3, 0.4) is 0 Å². The van der Waals surface area contributed by atoms with Crippen molar-refractivity contribution < 1.29 is 9.53 Å². The van der Waals surface area contributed by atoms with Gasteiger partial charge in [0.2, 0.25) is 5.91 Å². The van der Waals surface area contributed by atoms with Crippen LogP contribution in [0.15, 0.2) is 30.3 Å². The molecule has 0 aliphatic carbocycles. The van der Waals surface area contributed by atoms with Gasteiger partial charge in [0, 0.05) is 51.2 Å². The number of amides is 1. The van der Waals surface area contributed by atoms with Crippen LogP contribution in [0.5, 0.6) is 5.75 Å². The van der Waals surface area contributed by atoms with E-state index in [0.29, 0.717) is 30.5 Å². The number of benzene rings is 1. The summed E-state index contributed by atoms with van der Waals surface area (Å²) in [6.07, 6.45) is 5.75. The van der Waals surface area contributed by atoms with E-state index in [1.54, 1.807) is 0 Å². The van der Waals surface area contributed by atoms with Gasteiger partial charge in [0.05, 0.1) is 0 Å². The Morgan fingerprint density at radius 2 is 1.73 bits per heavy atom. The van der Waals surface area contributed by atoms with Crippen LogP contribution in [0.1, 0.15) is 32.1 Å². The molecule has 5 heteroatoms. The second-order valence-electron chi connectivity index (χ2n) is 8.06. The van der Waals surface area contributed by atoms with Crippen LogP contribution in [0.4, 0.5) is 0 Å². The minimum atomic E-state index is 0.372. The van der Waals surface area contributed by atoms with E-state index < -0.39 is 0 Å². The number of carbonyl (C=O) groups excluding carboxylic acids is 1. The maximum Gasteiger partial charge on any atom is 0.222 e. The first-order valence-electron chi connectivity index (χ1n) is 10.2. The lowest BCUT2D eigenvalue weighted by atomic mass is 9.89. The fourth-order valence-electron chi connectivity index (χ4n) is 4.75. The van der Waals surface area contributed by atoms with Gasteiger partial charge >= 0.3 is 0 Å². The fourth-order valence-corrected chi connectivity index (χ4v) is 4.75. The smallest absolute Gasteiger partial charge is 0.222 e. The van der Waals surface area contributed by atoms with Gasteiger partial charge in [-0.05, 0) is 43.7 Å². The van der Waals surface area contributed by atoms with Gasteiger partial charge in [0.1, 0.15) is 12.4 Å². The Balaban J connectivity index is 1.14. The molecule has 0 radical (unpaired) electrons. The van der Waals surface area contributed by atoms with Crippen molar-refractivity contribution >= 4 is 5.91 Å². The summed E-state index contributed by atoms with van der Waals surface area (Å²) in [6, 6.07) is 11.3. The Morgan fingerprint density at radius 1 is 1.04 bits per heavy atom. The number of hydrogen-bond donors (Lipinski definition) is 1. The molecule has 3 heterocycles. The summed E-state index contributed by atoms with van der Waals surface area (Å²) in [5, 5.41) is 3.67. The summed E-state index contributed by atoms with van der Waals surface area (Å²) < 4.78 is 5.78. The Kier molecular flexibility index (Phi) is 5.75. The number of ether oxygens (including phenoxy) is 1. The van der Waals surface area contributed by atoms with Gasteiger partial charge in [-0.3, -0.25) is 9.69 Å². The third-order valence-corrected chi connectivity index (χ3v) is 6.18. The molecule has 1 N–H and O–H groups in total. The summed E-state index contributed by atoms with van der Waals surface area (Å²) in [5.41, 5.74) is 0. The molecule has 2 bridgehead atoms. The molecule has 5 nitrogen and oxygen atoms in total. The van der Waals surface area contributed by atoms with Crippen LogP contribution >= 0.6 is 0 Å². The molecule has 4 rings (SSSR count). The number of hydrogen-bond acceptors (Lipinski definition) is 4. The lowest BCUT2D eigenvalue weighted by molar-refractivity contribution is -0.134. The van der Waals surface area contributed by atoms with E-state index in [0.717, 1.165) is 44.9 Å². The van der Waals surface area contributed by atoms with Crippen LogP contribution in [0, 0.1) is 5.92 Å². The molecule has 2 atom stereocenters. The number of nitrogens with one attached hydrogen (secondary N) is 1. The highest BCUT2D eigenvalue weighted by molar-refractivity contribution is 5.76. The van der Waals surface area contributed by atoms with Gasteiger partial charge in [-0.15, -0.1) is 0 Å². The summed E-state index contributed by atoms with van der Waals surface area (Å²) in [5.74, 6) is 1.90. The Bertz CT molecular complexity index is 574. The number of piperazine rings is 1. The first-order valence-corrected chi connectivity index (χ1v) is 10.2. The van der Waals surface area contributed by atoms with Crippen molar-refractivity contribution in [3.63, 3.8) is 0 Å². The highest BCUT2D eigenvalue weighted by Crippen LogP contribution is 2.33. The quantitative estimate of drug-likeness (QED) is 0.847. The number of fused-ring (bicyclic) bond motifs is 2. The second-order valence-corrected chi connectivity index (χ2v) is 8.06. The summed E-state index contributed by atoms with van der Waals surface area (Å²) >= 11 is 0. The largest absolute Gasteiger partial charge is 0.492 e. The highest BCUT2D eigenvalue weighted by atomic mass is 16.5. The first-order chi connectivity index (χ1) is 12.8. The van der Waals surface area contributed by atoms with Gasteiger partial charge < -0.3 is 15.0 Å². The molecule has 0 aromatic heterocycles. The van der Waals surface area contributed by atoms with Crippen LogP contribution < -0.4 is 10.1 Å². The predicted molar refractivity (Wildman–Crippen MR) is 102 cm³/mol. The number of rotatable bonds is 6. The van der Waals surface area contributed by atoms with Crippen molar-refractivity contribution in [1.82, 2.24) is 15.1 Å². The predicted octanol–water partition coefficient (Wildman–Crippen LogP) is 2.13. The molecule has 2 unspecified atom stereocenters. The molecule has 0 saturated carbocycles. The molecule has 1 amide bonds. The lowest BCUT2D eigenvalue weighted by Gasteiger charge is -2.36. The average Bonchev–Trinajstić information content (AvgIpc) is 3.01. The first kappa shape index (κ1) is 17.8. The molecule has 1 aromatic rings. The Labute approximate surface area is 156 Å². The van der Waals surface area contributed by atoms with E-state index in [9.17, 15) is 4.79 Å². The summed E-state index contributed by atoms with van der Waals surface area (Å²) in [6.45, 7) is 5.27. The van der Waals surface area contributed by atoms with Gasteiger partial charge in [-0.1, -0.05) is 18.2 Å². The molecular formula is C21H31N3O2. The topological polar surface area (TPSA) is 44.8 Å². The van der Waals surface area contributed by atoms with Crippen molar-refractivity contribution in [3.8, 4) is 5.75 Å². The van der Waals surface area contributed by atoms with E-state index in [1.807, 2.05) is 30.3 Å². The fraction of sp³-hybridized carbons (Fsp3) is 0.667. The molecule has 3 aliphatic heterocycles. The molecule has 3 aliphatic rings. The van der Waals surface area contributed by atoms with Crippen molar-refractivity contribution in [2.75, 3.05) is 39.3 Å². The van der Waals surface area contributed by atoms with Crippen molar-refractivity contribution in [2.45, 2.75) is 44.2 Å². The maximum absolute atomic E-state index is 12.7. The molecule has 0 spiro atoms. The second kappa shape index (κ2) is 8.40. The van der Waals surface area contributed by atoms with E-state index in [4.69, 9.17) is 4.74 Å². The number of piperidine rings is 1. The third kappa shape index (κ3) is 4.57. The monoisotopic (exact) mass is 357 g/mol. The number of para-hydroxylation sites is 1. The summed E-state index contributed by atoms with van der Waals surface area (Å²) in [4.78, 5) is 17.2. The Morgan fingerprint density at radius 3 is 2.42 bits per heavy atom. The highest BCUT2D eigenvalue weighted by Gasteiger charge is 2.35. The van der Waals surface area contributed by atoms with Crippen molar-refractivity contribution in [3.05, 3.63) is 30.3 Å². The molecule has 3 fully saturated rings. The molecule has 142 valence electrons. The zero-order valence-corrected chi connectivity index (χ0v) is 15.6. The van der Waals surface area contributed by atoms with Crippen LogP contribution in [-0.2, 0) is 4.79 Å². The van der Waals surface area contributed by atoms with Crippen molar-refractivity contribution in [1.29, 1.82) is 0 Å². The minimum absolute atomic E-state index is 0.372. The van der Waals surface area contributed by atoms with Crippen LogP contribution in [0.2, 0.25) is 0 Å². The van der Waals surface area contributed by atoms with Crippen LogP contribution in [0.25, 0.3) is 0 Å². The van der Waals surface area contributed by atoms with Gasteiger partial charge in [0.25, 0.3) is 0 Å². The normalized spacial score (nSPS) is 28.9. The molecular weight excluding hydrogens is 326 g/mol. The Hall–Kier alpha value is -1.59. The van der Waals surface area contributed by atoms with Crippen molar-refractivity contribution in [2.24, 2.45) is 5.92 Å². The maximum atomic E-state index is 12.7. The van der Waals surface area contributed by atoms with E-state index in [-0.39, 0.29) is 0 Å². The minimum Gasteiger partial charge on any atom is -0.492 e. The van der Waals surface area contributed by atoms with E-state index in [1.165, 1.54) is 25.7 Å². The summed E-state index contributed by atoms with van der Waals surface area (Å²) in [7, 11) is 0. The van der Waals surface area contributed by atoms with Gasteiger partial charge in [0.15, 0.2) is 0 Å². The number of nitrogens with zero attached hydrogens (tertiary/aromatic N) is 2. The zero-order valence-electron chi connectivity index (χ0n) is 15.6. The van der Waals surface area contributed by atoms with Crippen LogP contribution in [-0.4, -0.2) is 67.1 Å². The standard InChI is InChI=1S/C21H31N3O2/c25-21(16-17-14-18-6-7-19(15-17)22-18)24-10-8-23(9-11-24)12-13-26-20-4-2-1-3-5-20/h1-5,17-19,22H,6-16H2. The molecule has 26 heavy (non-hydrogen) atoms. The third-order valence-electron chi connectivity index (χ3n) is 6.18. The van der Waals surface area contributed by atoms with Gasteiger partial charge in [-0.25, -0.2) is 0 Å². The van der Waals surface area contributed by atoms with Gasteiger partial charge in [-0.2, -0.15) is 0 Å². The lowest BCUT2D eigenvalue weighted by Crippen LogP contribution is -2.50.